The van der Waals surface area contributed by atoms with Crippen molar-refractivity contribution < 1.29 is 23.9 Å². The number of benzene rings is 1. The van der Waals surface area contributed by atoms with E-state index in [-0.39, 0.29) is 39.2 Å². The van der Waals surface area contributed by atoms with E-state index in [1.165, 1.54) is 24.0 Å². The number of amides is 1. The predicted octanol–water partition coefficient (Wildman–Crippen LogP) is 2.88. The van der Waals surface area contributed by atoms with Gasteiger partial charge in [-0.15, -0.1) is 0 Å². The van der Waals surface area contributed by atoms with Crippen molar-refractivity contribution in [3.05, 3.63) is 52.5 Å². The summed E-state index contributed by atoms with van der Waals surface area (Å²) in [6, 6.07) is 6.18. The van der Waals surface area contributed by atoms with Crippen LogP contribution in [0.3, 0.4) is 0 Å². The maximum atomic E-state index is 12.8. The first kappa shape index (κ1) is 16.5. The van der Waals surface area contributed by atoms with E-state index < -0.39 is 11.9 Å². The molecule has 1 N–H and O–H groups in total. The van der Waals surface area contributed by atoms with Crippen LogP contribution in [0, 0.1) is 0 Å². The molecule has 2 aromatic rings. The maximum absolute atomic E-state index is 12.8. The molecular formula is C17H15NO5S. The normalized spacial score (nSPS) is 14.2. The van der Waals surface area contributed by atoms with Crippen LogP contribution in [0.4, 0.5) is 4.79 Å². The van der Waals surface area contributed by atoms with E-state index in [4.69, 9.17) is 4.42 Å². The van der Waals surface area contributed by atoms with Gasteiger partial charge in [0.1, 0.15) is 11.9 Å². The predicted molar refractivity (Wildman–Crippen MR) is 87.6 cm³/mol. The Bertz CT molecular complexity index is 866. The number of thioether (sulfide) groups is 1. The summed E-state index contributed by atoms with van der Waals surface area (Å²) in [5.74, 6) is -0.714. The van der Waals surface area contributed by atoms with Crippen LogP contribution in [0.5, 0.6) is 0 Å². The van der Waals surface area contributed by atoms with E-state index in [2.05, 4.69) is 0 Å². The van der Waals surface area contributed by atoms with Crippen LogP contribution in [0.25, 0.3) is 0 Å². The zero-order valence-corrected chi connectivity index (χ0v) is 14.1. The summed E-state index contributed by atoms with van der Waals surface area (Å²) >= 11 is 0.894. The summed E-state index contributed by atoms with van der Waals surface area (Å²) in [7, 11) is 3.22. The number of carbonyl (C=O) groups excluding carboxylic acids is 3. The van der Waals surface area contributed by atoms with E-state index in [9.17, 15) is 19.5 Å². The fourth-order valence-corrected chi connectivity index (χ4v) is 3.26. The van der Waals surface area contributed by atoms with Gasteiger partial charge >= 0.3 is 0 Å². The fraction of sp³-hybridized carbons (Fsp3) is 0.235. The van der Waals surface area contributed by atoms with Gasteiger partial charge in [0.2, 0.25) is 5.78 Å². The molecule has 0 radical (unpaired) electrons. The first-order chi connectivity index (χ1) is 11.3. The van der Waals surface area contributed by atoms with E-state index in [1.54, 1.807) is 26.2 Å². The Morgan fingerprint density at radius 1 is 1.21 bits per heavy atom. The van der Waals surface area contributed by atoms with Crippen LogP contribution in [0.1, 0.15) is 50.8 Å². The molecule has 1 aromatic carbocycles. The van der Waals surface area contributed by atoms with Gasteiger partial charge in [0, 0.05) is 30.1 Å². The highest BCUT2D eigenvalue weighted by atomic mass is 32.2. The minimum atomic E-state index is -0.927. The Kier molecular flexibility index (Phi) is 4.06. The van der Waals surface area contributed by atoms with Crippen LogP contribution in [0.2, 0.25) is 0 Å². The van der Waals surface area contributed by atoms with Crippen LogP contribution in [-0.4, -0.2) is 40.9 Å². The Morgan fingerprint density at radius 3 is 2.54 bits per heavy atom. The van der Waals surface area contributed by atoms with Crippen molar-refractivity contribution >= 4 is 28.6 Å². The van der Waals surface area contributed by atoms with E-state index in [1.807, 2.05) is 0 Å². The minimum Gasteiger partial charge on any atom is -0.454 e. The molecule has 1 aromatic heterocycles. The van der Waals surface area contributed by atoms with Crippen molar-refractivity contribution in [1.29, 1.82) is 0 Å². The Morgan fingerprint density at radius 2 is 1.92 bits per heavy atom. The molecule has 3 rings (SSSR count). The van der Waals surface area contributed by atoms with Gasteiger partial charge in [-0.3, -0.25) is 14.4 Å². The molecule has 1 aliphatic rings. The quantitative estimate of drug-likeness (QED) is 0.719. The molecule has 1 aliphatic carbocycles. The SMILES string of the molecule is CC(O)c1cc2c(o1)C(=O)c1cccc(SC(=O)N(C)C)c1C2=O. The van der Waals surface area contributed by atoms with Gasteiger partial charge in [0.25, 0.3) is 5.24 Å². The van der Waals surface area contributed by atoms with Gasteiger partial charge in [0.05, 0.1) is 5.56 Å². The second-order valence-electron chi connectivity index (χ2n) is 5.67. The Hall–Kier alpha value is -2.38. The molecule has 0 saturated carbocycles. The second-order valence-corrected chi connectivity index (χ2v) is 6.66. The van der Waals surface area contributed by atoms with Gasteiger partial charge in [0.15, 0.2) is 11.5 Å². The monoisotopic (exact) mass is 345 g/mol. The summed E-state index contributed by atoms with van der Waals surface area (Å²) in [6.07, 6.45) is -0.927. The molecule has 0 spiro atoms. The highest BCUT2D eigenvalue weighted by Crippen LogP contribution is 2.36. The summed E-state index contributed by atoms with van der Waals surface area (Å²) in [5.41, 5.74) is 0.525. The van der Waals surface area contributed by atoms with Crippen molar-refractivity contribution in [2.24, 2.45) is 0 Å². The molecule has 1 heterocycles. The van der Waals surface area contributed by atoms with Crippen LogP contribution in [0.15, 0.2) is 33.6 Å². The molecule has 0 bridgehead atoms. The van der Waals surface area contributed by atoms with E-state index >= 15 is 0 Å². The standard InChI is InChI=1S/C17H15NO5S/c1-8(19)11-7-10-14(20)13-9(15(21)16(10)23-11)5-4-6-12(13)24-17(22)18(2)3/h4-8,19H,1-3H3. The second kappa shape index (κ2) is 5.92. The number of fused-ring (bicyclic) bond motifs is 2. The van der Waals surface area contributed by atoms with Gasteiger partial charge in [-0.05, 0) is 30.8 Å². The number of furan rings is 1. The zero-order valence-electron chi connectivity index (χ0n) is 13.3. The minimum absolute atomic E-state index is 0.0653. The first-order valence-electron chi connectivity index (χ1n) is 7.24. The molecule has 0 aliphatic heterocycles. The average molecular weight is 345 g/mol. The van der Waals surface area contributed by atoms with Crippen molar-refractivity contribution in [3.8, 4) is 0 Å². The fourth-order valence-electron chi connectivity index (χ4n) is 2.44. The van der Waals surface area contributed by atoms with Crippen LogP contribution >= 0.6 is 11.8 Å². The third kappa shape index (κ3) is 2.55. The molecule has 1 amide bonds. The van der Waals surface area contributed by atoms with Crippen LogP contribution in [-0.2, 0) is 0 Å². The van der Waals surface area contributed by atoms with Crippen molar-refractivity contribution in [2.75, 3.05) is 14.1 Å². The summed E-state index contributed by atoms with van der Waals surface area (Å²) in [4.78, 5) is 39.2. The Labute approximate surface area is 142 Å². The summed E-state index contributed by atoms with van der Waals surface area (Å²) < 4.78 is 5.36. The molecular weight excluding hydrogens is 330 g/mol. The van der Waals surface area contributed by atoms with Gasteiger partial charge < -0.3 is 14.4 Å². The topological polar surface area (TPSA) is 87.8 Å². The number of nitrogens with zero attached hydrogens (tertiary/aromatic N) is 1. The third-order valence-corrected chi connectivity index (χ3v) is 4.77. The molecule has 24 heavy (non-hydrogen) atoms. The van der Waals surface area contributed by atoms with Crippen LogP contribution < -0.4 is 0 Å². The van der Waals surface area contributed by atoms with E-state index in [0.717, 1.165) is 11.8 Å². The molecule has 124 valence electrons. The lowest BCUT2D eigenvalue weighted by atomic mass is 9.88. The molecule has 7 heteroatoms. The third-order valence-electron chi connectivity index (χ3n) is 3.67. The van der Waals surface area contributed by atoms with E-state index in [0.29, 0.717) is 4.90 Å². The zero-order chi connectivity index (χ0) is 17.6. The highest BCUT2D eigenvalue weighted by Gasteiger charge is 2.36. The highest BCUT2D eigenvalue weighted by molar-refractivity contribution is 8.13. The number of rotatable bonds is 2. The molecule has 6 nitrogen and oxygen atoms in total. The Balaban J connectivity index is 2.12. The van der Waals surface area contributed by atoms with Crippen molar-refractivity contribution in [1.82, 2.24) is 4.90 Å². The lowest BCUT2D eigenvalue weighted by Crippen LogP contribution is -2.21. The maximum Gasteiger partial charge on any atom is 0.285 e. The lowest BCUT2D eigenvalue weighted by Gasteiger charge is -2.17. The summed E-state index contributed by atoms with van der Waals surface area (Å²) in [5, 5.41) is 9.38. The first-order valence-corrected chi connectivity index (χ1v) is 8.06. The number of aliphatic hydroxyl groups is 1. The number of carbonyl (C=O) groups is 3. The molecule has 1 unspecified atom stereocenters. The van der Waals surface area contributed by atoms with Gasteiger partial charge in [-0.25, -0.2) is 0 Å². The van der Waals surface area contributed by atoms with Gasteiger partial charge in [-0.2, -0.15) is 0 Å². The molecule has 0 fully saturated rings. The summed E-state index contributed by atoms with van der Waals surface area (Å²) in [6.45, 7) is 1.49. The van der Waals surface area contributed by atoms with Crippen molar-refractivity contribution in [3.63, 3.8) is 0 Å². The van der Waals surface area contributed by atoms with Crippen molar-refractivity contribution in [2.45, 2.75) is 17.9 Å². The molecule has 1 atom stereocenters. The van der Waals surface area contributed by atoms with Gasteiger partial charge in [-0.1, -0.05) is 12.1 Å². The smallest absolute Gasteiger partial charge is 0.285 e. The number of hydrogen-bond acceptors (Lipinski definition) is 6. The average Bonchev–Trinajstić information content (AvgIpc) is 2.98. The largest absolute Gasteiger partial charge is 0.454 e. The number of hydrogen-bond donors (Lipinski definition) is 1. The lowest BCUT2D eigenvalue weighted by molar-refractivity contribution is 0.0952. The number of ketones is 2. The number of aliphatic hydroxyl groups excluding tert-OH is 1. The molecule has 0 saturated heterocycles.